The van der Waals surface area contributed by atoms with Crippen LogP contribution < -0.4 is 10.6 Å². The maximum absolute atomic E-state index is 12.1. The van der Waals surface area contributed by atoms with Gasteiger partial charge >= 0.3 is 6.03 Å². The molecule has 1 aromatic carbocycles. The number of urea groups is 1. The molecule has 0 unspecified atom stereocenters. The first-order chi connectivity index (χ1) is 11.6. The fourth-order valence-corrected chi connectivity index (χ4v) is 2.66. The lowest BCUT2D eigenvalue weighted by Gasteiger charge is -2.20. The summed E-state index contributed by atoms with van der Waals surface area (Å²) in [6.07, 6.45) is 0. The van der Waals surface area contributed by atoms with Crippen molar-refractivity contribution in [2.45, 2.75) is 43.7 Å². The number of rotatable bonds is 4. The van der Waals surface area contributed by atoms with Gasteiger partial charge in [0, 0.05) is 16.1 Å². The summed E-state index contributed by atoms with van der Waals surface area (Å²) >= 11 is 7.00. The Bertz CT molecular complexity index is 773. The minimum atomic E-state index is -0.585. The SMILES string of the molecule is C[C@@H](Sc1nnc(-c2cccc(Cl)c2)o1)C(=O)NC(=O)NC(C)(C)C. The molecule has 0 radical (unpaired) electrons. The summed E-state index contributed by atoms with van der Waals surface area (Å²) in [6.45, 7) is 7.12. The van der Waals surface area contributed by atoms with Crippen molar-refractivity contribution >= 4 is 35.3 Å². The van der Waals surface area contributed by atoms with E-state index in [0.717, 1.165) is 11.8 Å². The Morgan fingerprint density at radius 3 is 2.64 bits per heavy atom. The van der Waals surface area contributed by atoms with Crippen LogP contribution in [0.25, 0.3) is 11.5 Å². The molecule has 0 aliphatic heterocycles. The van der Waals surface area contributed by atoms with Crippen LogP contribution in [-0.2, 0) is 4.79 Å². The highest BCUT2D eigenvalue weighted by Gasteiger charge is 2.22. The maximum atomic E-state index is 12.1. The van der Waals surface area contributed by atoms with E-state index < -0.39 is 22.7 Å². The van der Waals surface area contributed by atoms with Crippen LogP contribution in [0.5, 0.6) is 0 Å². The van der Waals surface area contributed by atoms with E-state index in [9.17, 15) is 9.59 Å². The number of nitrogens with zero attached hydrogens (tertiary/aromatic N) is 2. The Balaban J connectivity index is 1.95. The number of thioether (sulfide) groups is 1. The van der Waals surface area contributed by atoms with Crippen LogP contribution in [0.2, 0.25) is 5.02 Å². The van der Waals surface area contributed by atoms with E-state index >= 15 is 0 Å². The number of aromatic nitrogens is 2. The second-order valence-electron chi connectivity index (χ2n) is 6.34. The zero-order valence-corrected chi connectivity index (χ0v) is 15.9. The summed E-state index contributed by atoms with van der Waals surface area (Å²) in [7, 11) is 0. The molecular weight excluding hydrogens is 364 g/mol. The van der Waals surface area contributed by atoms with Crippen molar-refractivity contribution in [3.63, 3.8) is 0 Å². The molecule has 25 heavy (non-hydrogen) atoms. The Labute approximate surface area is 154 Å². The van der Waals surface area contributed by atoms with Gasteiger partial charge in [0.05, 0.1) is 5.25 Å². The number of halogens is 1. The quantitative estimate of drug-likeness (QED) is 0.785. The Hall–Kier alpha value is -2.06. The highest BCUT2D eigenvalue weighted by molar-refractivity contribution is 8.00. The summed E-state index contributed by atoms with van der Waals surface area (Å²) in [4.78, 5) is 23.8. The molecule has 0 bridgehead atoms. The molecule has 1 atom stereocenters. The lowest BCUT2D eigenvalue weighted by Crippen LogP contribution is -2.49. The van der Waals surface area contributed by atoms with Crippen LogP contribution in [0, 0.1) is 0 Å². The van der Waals surface area contributed by atoms with Gasteiger partial charge in [-0.3, -0.25) is 10.1 Å². The van der Waals surface area contributed by atoms with Crippen LogP contribution >= 0.6 is 23.4 Å². The van der Waals surface area contributed by atoms with Crippen molar-refractivity contribution in [2.24, 2.45) is 0 Å². The van der Waals surface area contributed by atoms with Gasteiger partial charge in [0.15, 0.2) is 0 Å². The third-order valence-electron chi connectivity index (χ3n) is 2.85. The first-order valence-corrected chi connectivity index (χ1v) is 8.79. The third kappa shape index (κ3) is 6.06. The first-order valence-electron chi connectivity index (χ1n) is 7.53. The number of imide groups is 1. The minimum absolute atomic E-state index is 0.230. The topological polar surface area (TPSA) is 97.1 Å². The summed E-state index contributed by atoms with van der Waals surface area (Å²) in [5.74, 6) is -0.141. The molecular formula is C16H19ClN4O3S. The predicted octanol–water partition coefficient (Wildman–Crippen LogP) is 3.49. The average Bonchev–Trinajstić information content (AvgIpc) is 2.93. The number of benzene rings is 1. The largest absolute Gasteiger partial charge is 0.411 e. The smallest absolute Gasteiger partial charge is 0.321 e. The lowest BCUT2D eigenvalue weighted by molar-refractivity contribution is -0.119. The van der Waals surface area contributed by atoms with Crippen molar-refractivity contribution < 1.29 is 14.0 Å². The summed E-state index contributed by atoms with van der Waals surface area (Å²) < 4.78 is 5.53. The highest BCUT2D eigenvalue weighted by atomic mass is 35.5. The predicted molar refractivity (Wildman–Crippen MR) is 96.5 cm³/mol. The Kier molecular flexibility index (Phi) is 6.07. The fourth-order valence-electron chi connectivity index (χ4n) is 1.79. The van der Waals surface area contributed by atoms with Crippen molar-refractivity contribution in [3.8, 4) is 11.5 Å². The normalized spacial score (nSPS) is 12.5. The lowest BCUT2D eigenvalue weighted by atomic mass is 10.1. The number of hydrogen-bond donors (Lipinski definition) is 2. The van der Waals surface area contributed by atoms with Crippen LogP contribution in [0.15, 0.2) is 33.9 Å². The monoisotopic (exact) mass is 382 g/mol. The van der Waals surface area contributed by atoms with Gasteiger partial charge in [0.2, 0.25) is 11.8 Å². The minimum Gasteiger partial charge on any atom is -0.411 e. The molecule has 0 aliphatic rings. The zero-order valence-electron chi connectivity index (χ0n) is 14.3. The number of hydrogen-bond acceptors (Lipinski definition) is 6. The molecule has 0 fully saturated rings. The Morgan fingerprint density at radius 1 is 1.28 bits per heavy atom. The molecule has 0 aliphatic carbocycles. The molecule has 2 rings (SSSR count). The molecule has 9 heteroatoms. The van der Waals surface area contributed by atoms with Gasteiger partial charge in [-0.2, -0.15) is 0 Å². The van der Waals surface area contributed by atoms with Crippen molar-refractivity contribution in [2.75, 3.05) is 0 Å². The standard InChI is InChI=1S/C16H19ClN4O3S/c1-9(12(22)18-14(23)19-16(2,3)4)25-15-21-20-13(24-15)10-6-5-7-11(17)8-10/h5-9H,1-4H3,(H2,18,19,22,23)/t9-/m1/s1. The van der Waals surface area contributed by atoms with Crippen LogP contribution in [0.3, 0.4) is 0 Å². The van der Waals surface area contributed by atoms with Crippen LogP contribution in [0.4, 0.5) is 4.79 Å². The average molecular weight is 383 g/mol. The van der Waals surface area contributed by atoms with Gasteiger partial charge < -0.3 is 9.73 Å². The van der Waals surface area contributed by atoms with Crippen molar-refractivity contribution in [3.05, 3.63) is 29.3 Å². The summed E-state index contributed by atoms with van der Waals surface area (Å²) in [5.41, 5.74) is 0.257. The van der Waals surface area contributed by atoms with Gasteiger partial charge in [-0.25, -0.2) is 4.79 Å². The fraction of sp³-hybridized carbons (Fsp3) is 0.375. The molecule has 3 amide bonds. The molecule has 0 spiro atoms. The first kappa shape index (κ1) is 19.3. The zero-order chi connectivity index (χ0) is 18.6. The van der Waals surface area contributed by atoms with E-state index in [4.69, 9.17) is 16.0 Å². The van der Waals surface area contributed by atoms with Gasteiger partial charge in [0.25, 0.3) is 5.22 Å². The van der Waals surface area contributed by atoms with E-state index in [-0.39, 0.29) is 5.22 Å². The molecule has 7 nitrogen and oxygen atoms in total. The van der Waals surface area contributed by atoms with Crippen molar-refractivity contribution in [1.82, 2.24) is 20.8 Å². The number of amides is 3. The van der Waals surface area contributed by atoms with E-state index in [1.165, 1.54) is 0 Å². The third-order valence-corrected chi connectivity index (χ3v) is 4.02. The summed E-state index contributed by atoms with van der Waals surface area (Å²) in [5, 5.41) is 13.0. The van der Waals surface area contributed by atoms with Gasteiger partial charge in [-0.1, -0.05) is 29.4 Å². The molecule has 1 aromatic heterocycles. The Morgan fingerprint density at radius 2 is 2.00 bits per heavy atom. The number of nitrogens with one attached hydrogen (secondary N) is 2. The van der Waals surface area contributed by atoms with Crippen LogP contribution in [0.1, 0.15) is 27.7 Å². The number of carbonyl (C=O) groups excluding carboxylic acids is 2. The van der Waals surface area contributed by atoms with Gasteiger partial charge in [-0.05, 0) is 45.9 Å². The second kappa shape index (κ2) is 7.88. The van der Waals surface area contributed by atoms with E-state index in [1.54, 1.807) is 31.2 Å². The second-order valence-corrected chi connectivity index (χ2v) is 8.07. The molecule has 134 valence electrons. The molecule has 0 saturated heterocycles. The van der Waals surface area contributed by atoms with Crippen molar-refractivity contribution in [1.29, 1.82) is 0 Å². The van der Waals surface area contributed by atoms with Crippen LogP contribution in [-0.4, -0.2) is 32.9 Å². The van der Waals surface area contributed by atoms with Gasteiger partial charge in [-0.15, -0.1) is 10.2 Å². The number of carbonyl (C=O) groups is 2. The molecule has 0 saturated carbocycles. The molecule has 1 heterocycles. The van der Waals surface area contributed by atoms with E-state index in [2.05, 4.69) is 20.8 Å². The molecule has 2 aromatic rings. The maximum Gasteiger partial charge on any atom is 0.321 e. The van der Waals surface area contributed by atoms with Gasteiger partial charge in [0.1, 0.15) is 0 Å². The molecule has 2 N–H and O–H groups in total. The van der Waals surface area contributed by atoms with E-state index in [1.807, 2.05) is 20.8 Å². The van der Waals surface area contributed by atoms with E-state index in [0.29, 0.717) is 16.5 Å². The highest BCUT2D eigenvalue weighted by Crippen LogP contribution is 2.27. The summed E-state index contributed by atoms with van der Waals surface area (Å²) in [6, 6.07) is 6.47.